The summed E-state index contributed by atoms with van der Waals surface area (Å²) in [6, 6.07) is 4.37. The van der Waals surface area contributed by atoms with Gasteiger partial charge in [0.15, 0.2) is 0 Å². The second-order valence-electron chi connectivity index (χ2n) is 5.38. The van der Waals surface area contributed by atoms with Crippen molar-refractivity contribution in [3.05, 3.63) is 33.9 Å². The summed E-state index contributed by atoms with van der Waals surface area (Å²) in [5.74, 6) is 0.762. The summed E-state index contributed by atoms with van der Waals surface area (Å²) in [4.78, 5) is 24.5. The monoisotopic (exact) mass is 276 g/mol. The molecule has 2 fully saturated rings. The van der Waals surface area contributed by atoms with Gasteiger partial charge in [-0.3, -0.25) is 14.9 Å². The van der Waals surface area contributed by atoms with Crippen molar-refractivity contribution in [2.45, 2.75) is 0 Å². The van der Waals surface area contributed by atoms with E-state index in [9.17, 15) is 14.9 Å². The van der Waals surface area contributed by atoms with Crippen LogP contribution in [0.15, 0.2) is 18.2 Å². The number of hydrogen-bond acceptors (Lipinski definition) is 5. The lowest BCUT2D eigenvalue weighted by Crippen LogP contribution is -2.32. The first kappa shape index (κ1) is 12.9. The molecule has 3 N–H and O–H groups in total. The zero-order valence-corrected chi connectivity index (χ0v) is 10.9. The van der Waals surface area contributed by atoms with Gasteiger partial charge >= 0.3 is 0 Å². The van der Waals surface area contributed by atoms with E-state index in [2.05, 4.69) is 5.32 Å². The van der Waals surface area contributed by atoms with Crippen molar-refractivity contribution in [2.75, 3.05) is 31.9 Å². The van der Waals surface area contributed by atoms with E-state index in [0.717, 1.165) is 13.1 Å². The van der Waals surface area contributed by atoms with Gasteiger partial charge in [-0.1, -0.05) is 6.07 Å². The third kappa shape index (κ3) is 2.00. The maximum Gasteiger partial charge on any atom is 0.292 e. The third-order valence-electron chi connectivity index (χ3n) is 4.19. The summed E-state index contributed by atoms with van der Waals surface area (Å²) in [6.07, 6.45) is 0. The predicted octanol–water partition coefficient (Wildman–Crippen LogP) is 0.468. The normalized spacial score (nSPS) is 24.7. The molecule has 0 unspecified atom stereocenters. The molecule has 2 saturated heterocycles. The zero-order chi connectivity index (χ0) is 14.3. The predicted molar refractivity (Wildman–Crippen MR) is 73.3 cm³/mol. The van der Waals surface area contributed by atoms with Gasteiger partial charge in [0.2, 0.25) is 0 Å². The number of carbonyl (C=O) groups excluding carboxylic acids is 1. The molecule has 7 heteroatoms. The van der Waals surface area contributed by atoms with E-state index < -0.39 is 4.92 Å². The number of nitrogen functional groups attached to an aromatic ring is 1. The number of nitrogens with zero attached hydrogens (tertiary/aromatic N) is 2. The number of amides is 1. The number of carbonyl (C=O) groups is 1. The Hall–Kier alpha value is -2.15. The largest absolute Gasteiger partial charge is 0.393 e. The van der Waals surface area contributed by atoms with Crippen LogP contribution < -0.4 is 11.1 Å². The minimum atomic E-state index is -0.561. The first-order valence-electron chi connectivity index (χ1n) is 6.61. The fraction of sp³-hybridized carbons (Fsp3) is 0.462. The van der Waals surface area contributed by atoms with Gasteiger partial charge in [-0.25, -0.2) is 0 Å². The minimum Gasteiger partial charge on any atom is -0.393 e. The molecule has 2 atom stereocenters. The highest BCUT2D eigenvalue weighted by molar-refractivity contribution is 6.01. The molecule has 0 saturated carbocycles. The maximum absolute atomic E-state index is 12.5. The zero-order valence-electron chi connectivity index (χ0n) is 10.9. The molecule has 2 heterocycles. The van der Waals surface area contributed by atoms with Crippen molar-refractivity contribution in [3.63, 3.8) is 0 Å². The molecule has 20 heavy (non-hydrogen) atoms. The smallest absolute Gasteiger partial charge is 0.292 e. The topological polar surface area (TPSA) is 102 Å². The van der Waals surface area contributed by atoms with Gasteiger partial charge in [-0.05, 0) is 17.9 Å². The van der Waals surface area contributed by atoms with Crippen LogP contribution in [0.3, 0.4) is 0 Å². The molecule has 2 aliphatic rings. The summed E-state index contributed by atoms with van der Waals surface area (Å²) < 4.78 is 0. The van der Waals surface area contributed by atoms with Crippen LogP contribution in [0.4, 0.5) is 11.4 Å². The van der Waals surface area contributed by atoms with E-state index in [1.165, 1.54) is 12.1 Å². The van der Waals surface area contributed by atoms with Crippen LogP contribution in [0.5, 0.6) is 0 Å². The van der Waals surface area contributed by atoms with Crippen LogP contribution in [-0.2, 0) is 0 Å². The van der Waals surface area contributed by atoms with Gasteiger partial charge < -0.3 is 16.0 Å². The number of nitro benzene ring substituents is 1. The van der Waals surface area contributed by atoms with Crippen molar-refractivity contribution >= 4 is 17.3 Å². The number of likely N-dealkylation sites (tertiary alicyclic amines) is 1. The highest BCUT2D eigenvalue weighted by Gasteiger charge is 2.38. The second kappa shape index (κ2) is 4.75. The number of hydrogen-bond donors (Lipinski definition) is 2. The van der Waals surface area contributed by atoms with Gasteiger partial charge in [-0.15, -0.1) is 0 Å². The van der Waals surface area contributed by atoms with Gasteiger partial charge in [0, 0.05) is 32.2 Å². The van der Waals surface area contributed by atoms with E-state index in [1.807, 2.05) is 0 Å². The summed E-state index contributed by atoms with van der Waals surface area (Å²) in [5.41, 5.74) is 5.74. The summed E-state index contributed by atoms with van der Waals surface area (Å²) >= 11 is 0. The SMILES string of the molecule is Nc1c(C(=O)N2C[C@H]3CNC[C@H]3C2)cccc1[N+](=O)[O-]. The number of anilines is 1. The average molecular weight is 276 g/mol. The van der Waals surface area contributed by atoms with E-state index in [-0.39, 0.29) is 22.8 Å². The van der Waals surface area contributed by atoms with Gasteiger partial charge in [0.05, 0.1) is 10.5 Å². The van der Waals surface area contributed by atoms with Crippen LogP contribution in [0.2, 0.25) is 0 Å². The molecular weight excluding hydrogens is 260 g/mol. The molecule has 0 aromatic heterocycles. The quantitative estimate of drug-likeness (QED) is 0.464. The molecule has 1 aromatic carbocycles. The van der Waals surface area contributed by atoms with E-state index >= 15 is 0 Å². The van der Waals surface area contributed by atoms with Crippen LogP contribution in [0, 0.1) is 22.0 Å². The average Bonchev–Trinajstić information content (AvgIpc) is 2.98. The Bertz CT molecular complexity index is 563. The first-order chi connectivity index (χ1) is 9.58. The van der Waals surface area contributed by atoms with E-state index in [1.54, 1.807) is 11.0 Å². The lowest BCUT2D eigenvalue weighted by Gasteiger charge is -2.18. The molecule has 0 bridgehead atoms. The number of rotatable bonds is 2. The fourth-order valence-corrected chi connectivity index (χ4v) is 3.09. The Labute approximate surface area is 115 Å². The highest BCUT2D eigenvalue weighted by Crippen LogP contribution is 2.30. The molecule has 0 aliphatic carbocycles. The van der Waals surface area contributed by atoms with Crippen molar-refractivity contribution in [1.82, 2.24) is 10.2 Å². The Morgan fingerprint density at radius 3 is 2.60 bits per heavy atom. The van der Waals surface area contributed by atoms with Crippen molar-refractivity contribution in [3.8, 4) is 0 Å². The molecule has 0 radical (unpaired) electrons. The van der Waals surface area contributed by atoms with E-state index in [4.69, 9.17) is 5.73 Å². The van der Waals surface area contributed by atoms with Crippen LogP contribution in [0.1, 0.15) is 10.4 Å². The lowest BCUT2D eigenvalue weighted by atomic mass is 10.0. The van der Waals surface area contributed by atoms with Crippen LogP contribution >= 0.6 is 0 Å². The summed E-state index contributed by atoms with van der Waals surface area (Å²) in [6.45, 7) is 3.25. The van der Waals surface area contributed by atoms with Crippen molar-refractivity contribution in [1.29, 1.82) is 0 Å². The number of fused-ring (bicyclic) bond motifs is 1. The molecule has 7 nitrogen and oxygen atoms in total. The number of benzene rings is 1. The van der Waals surface area contributed by atoms with Gasteiger partial charge in [0.25, 0.3) is 11.6 Å². The van der Waals surface area contributed by atoms with Gasteiger partial charge in [-0.2, -0.15) is 0 Å². The number of nitro groups is 1. The summed E-state index contributed by atoms with van der Waals surface area (Å²) in [5, 5.41) is 14.2. The standard InChI is InChI=1S/C13H16N4O3/c14-12-10(2-1-3-11(12)17(19)20)13(18)16-6-8-4-15-5-9(8)7-16/h1-3,8-9,15H,4-7,14H2/t8-,9+. The Morgan fingerprint density at radius 2 is 2.00 bits per heavy atom. The molecule has 0 spiro atoms. The maximum atomic E-state index is 12.5. The number of nitrogens with one attached hydrogen (secondary N) is 1. The fourth-order valence-electron chi connectivity index (χ4n) is 3.09. The van der Waals surface area contributed by atoms with E-state index in [0.29, 0.717) is 24.9 Å². The first-order valence-corrected chi connectivity index (χ1v) is 6.61. The molecule has 106 valence electrons. The van der Waals surface area contributed by atoms with Gasteiger partial charge in [0.1, 0.15) is 5.69 Å². The second-order valence-corrected chi connectivity index (χ2v) is 5.38. The molecule has 1 aromatic rings. The molecule has 1 amide bonds. The molecule has 3 rings (SSSR count). The van der Waals surface area contributed by atoms with Crippen LogP contribution in [0.25, 0.3) is 0 Å². The number of para-hydroxylation sites is 1. The Kier molecular flexibility index (Phi) is 3.06. The highest BCUT2D eigenvalue weighted by atomic mass is 16.6. The Balaban J connectivity index is 1.85. The third-order valence-corrected chi connectivity index (χ3v) is 4.19. The lowest BCUT2D eigenvalue weighted by molar-refractivity contribution is -0.383. The van der Waals surface area contributed by atoms with Crippen LogP contribution in [-0.4, -0.2) is 41.9 Å². The van der Waals surface area contributed by atoms with Crippen molar-refractivity contribution < 1.29 is 9.72 Å². The molecular formula is C13H16N4O3. The molecule has 2 aliphatic heterocycles. The number of nitrogens with two attached hydrogens (primary N) is 1. The Morgan fingerprint density at radius 1 is 1.35 bits per heavy atom. The van der Waals surface area contributed by atoms with Crippen molar-refractivity contribution in [2.24, 2.45) is 11.8 Å². The minimum absolute atomic E-state index is 0.0438. The summed E-state index contributed by atoms with van der Waals surface area (Å²) in [7, 11) is 0.